The predicted octanol–water partition coefficient (Wildman–Crippen LogP) is 0.822. The fraction of sp³-hybridized carbons (Fsp3) is 0.529. The molecule has 0 bridgehead atoms. The van der Waals surface area contributed by atoms with Gasteiger partial charge >= 0.3 is 6.09 Å². The maximum absolute atomic E-state index is 12.3. The number of cyclic esters (lactones) is 1. The molecule has 25 heavy (non-hydrogen) atoms. The first kappa shape index (κ1) is 17.5. The van der Waals surface area contributed by atoms with Gasteiger partial charge in [0.2, 0.25) is 5.91 Å². The van der Waals surface area contributed by atoms with Crippen molar-refractivity contribution in [3.8, 4) is 0 Å². The largest absolute Gasteiger partial charge is 0.444 e. The van der Waals surface area contributed by atoms with Crippen LogP contribution in [0.25, 0.3) is 0 Å². The number of rotatable bonds is 8. The second-order valence-corrected chi connectivity index (χ2v) is 6.14. The van der Waals surface area contributed by atoms with Crippen LogP contribution in [-0.2, 0) is 14.3 Å². The van der Waals surface area contributed by atoms with Gasteiger partial charge in [0.1, 0.15) is 12.3 Å². The van der Waals surface area contributed by atoms with Crippen LogP contribution in [0, 0.1) is 0 Å². The molecule has 0 spiro atoms. The number of para-hydroxylation sites is 2. The van der Waals surface area contributed by atoms with Crippen molar-refractivity contribution in [2.24, 2.45) is 5.73 Å². The quantitative estimate of drug-likeness (QED) is 0.720. The molecule has 2 heterocycles. The fourth-order valence-electron chi connectivity index (χ4n) is 3.11. The summed E-state index contributed by atoms with van der Waals surface area (Å²) in [5, 5.41) is 8.93. The van der Waals surface area contributed by atoms with Crippen LogP contribution in [0.3, 0.4) is 0 Å². The fourth-order valence-corrected chi connectivity index (χ4v) is 3.11. The second kappa shape index (κ2) is 7.71. The summed E-state index contributed by atoms with van der Waals surface area (Å²) in [4.78, 5) is 26.9. The molecule has 1 aromatic rings. The lowest BCUT2D eigenvalue weighted by atomic mass is 10.1. The lowest BCUT2D eigenvalue weighted by molar-refractivity contribution is -0.118. The molecule has 2 amide bonds. The molecule has 2 unspecified atom stereocenters. The minimum absolute atomic E-state index is 0.0218. The molecule has 2 atom stereocenters. The van der Waals surface area contributed by atoms with Crippen molar-refractivity contribution < 1.29 is 24.2 Å². The van der Waals surface area contributed by atoms with E-state index < -0.39 is 12.0 Å². The van der Waals surface area contributed by atoms with Crippen molar-refractivity contribution in [1.29, 1.82) is 0 Å². The Balaban J connectivity index is 1.72. The van der Waals surface area contributed by atoms with Crippen LogP contribution >= 0.6 is 0 Å². The monoisotopic (exact) mass is 349 g/mol. The average molecular weight is 349 g/mol. The van der Waals surface area contributed by atoms with Gasteiger partial charge in [-0.3, -0.25) is 9.69 Å². The van der Waals surface area contributed by atoms with Crippen molar-refractivity contribution in [2.45, 2.75) is 31.6 Å². The van der Waals surface area contributed by atoms with Gasteiger partial charge in [-0.25, -0.2) is 4.79 Å². The molecule has 0 radical (unpaired) electrons. The van der Waals surface area contributed by atoms with Gasteiger partial charge in [-0.15, -0.1) is 0 Å². The topological polar surface area (TPSA) is 105 Å². The number of amides is 2. The van der Waals surface area contributed by atoms with Crippen LogP contribution < -0.4 is 15.5 Å². The number of nitrogens with two attached hydrogens (primary N) is 1. The van der Waals surface area contributed by atoms with E-state index in [0.29, 0.717) is 13.0 Å². The Morgan fingerprint density at radius 1 is 1.36 bits per heavy atom. The number of hydrogen-bond donors (Lipinski definition) is 2. The summed E-state index contributed by atoms with van der Waals surface area (Å²) in [5.41, 5.74) is 6.81. The maximum Gasteiger partial charge on any atom is 0.414 e. The van der Waals surface area contributed by atoms with Crippen LogP contribution in [-0.4, -0.2) is 55.7 Å². The summed E-state index contributed by atoms with van der Waals surface area (Å²) in [6.45, 7) is 1.47. The van der Waals surface area contributed by atoms with E-state index in [1.807, 2.05) is 24.3 Å². The van der Waals surface area contributed by atoms with Gasteiger partial charge in [-0.1, -0.05) is 12.1 Å². The van der Waals surface area contributed by atoms with Crippen LogP contribution in [0.15, 0.2) is 24.3 Å². The lowest BCUT2D eigenvalue weighted by Gasteiger charge is -2.43. The molecule has 3 rings (SSSR count). The van der Waals surface area contributed by atoms with Crippen LogP contribution in [0.5, 0.6) is 0 Å². The smallest absolute Gasteiger partial charge is 0.414 e. The highest BCUT2D eigenvalue weighted by molar-refractivity contribution is 5.94. The molecular weight excluding hydrogens is 326 g/mol. The van der Waals surface area contributed by atoms with E-state index in [1.165, 1.54) is 0 Å². The molecule has 2 fully saturated rings. The highest BCUT2D eigenvalue weighted by Crippen LogP contribution is 2.37. The number of primary amides is 1. The molecule has 2 aliphatic heterocycles. The summed E-state index contributed by atoms with van der Waals surface area (Å²) >= 11 is 0. The first-order chi connectivity index (χ1) is 12.1. The van der Waals surface area contributed by atoms with Crippen molar-refractivity contribution in [2.75, 3.05) is 36.1 Å². The minimum atomic E-state index is -0.421. The van der Waals surface area contributed by atoms with E-state index in [4.69, 9.17) is 20.3 Å². The number of nitrogens with zero attached hydrogens (tertiary/aromatic N) is 2. The number of anilines is 2. The second-order valence-electron chi connectivity index (χ2n) is 6.14. The number of aliphatic hydroxyl groups excluding tert-OH is 1. The summed E-state index contributed by atoms with van der Waals surface area (Å²) in [6.07, 6.45) is 0.626. The molecule has 8 heteroatoms. The molecule has 3 N–H and O–H groups in total. The first-order valence-electron chi connectivity index (χ1n) is 8.44. The van der Waals surface area contributed by atoms with E-state index >= 15 is 0 Å². The lowest BCUT2D eigenvalue weighted by Crippen LogP contribution is -2.50. The van der Waals surface area contributed by atoms with Crippen molar-refractivity contribution >= 4 is 23.4 Å². The predicted molar refractivity (Wildman–Crippen MR) is 91.3 cm³/mol. The van der Waals surface area contributed by atoms with E-state index in [2.05, 4.69) is 4.90 Å². The summed E-state index contributed by atoms with van der Waals surface area (Å²) in [6, 6.07) is 7.58. The Bertz CT molecular complexity index is 638. The van der Waals surface area contributed by atoms with Gasteiger partial charge in [-0.2, -0.15) is 0 Å². The number of carbonyl (C=O) groups excluding carboxylic acids is 2. The first-order valence-corrected chi connectivity index (χ1v) is 8.44. The average Bonchev–Trinajstić information content (AvgIpc) is 2.94. The molecule has 0 aromatic heterocycles. The molecular formula is C17H23N3O5. The van der Waals surface area contributed by atoms with Crippen molar-refractivity contribution in [3.63, 3.8) is 0 Å². The van der Waals surface area contributed by atoms with E-state index in [0.717, 1.165) is 24.3 Å². The van der Waals surface area contributed by atoms with Gasteiger partial charge < -0.3 is 25.2 Å². The van der Waals surface area contributed by atoms with E-state index in [-0.39, 0.29) is 32.0 Å². The highest BCUT2D eigenvalue weighted by Gasteiger charge is 2.37. The van der Waals surface area contributed by atoms with Gasteiger partial charge in [-0.05, 0) is 18.6 Å². The number of ether oxygens (including phenoxy) is 2. The Hall–Kier alpha value is -2.32. The Labute approximate surface area is 146 Å². The van der Waals surface area contributed by atoms with E-state index in [9.17, 15) is 9.59 Å². The molecule has 2 saturated heterocycles. The van der Waals surface area contributed by atoms with Crippen molar-refractivity contribution in [3.05, 3.63) is 24.3 Å². The molecule has 0 saturated carbocycles. The highest BCUT2D eigenvalue weighted by atomic mass is 16.6. The molecule has 0 aliphatic carbocycles. The zero-order valence-electron chi connectivity index (χ0n) is 14.0. The van der Waals surface area contributed by atoms with Crippen LogP contribution in [0.2, 0.25) is 0 Å². The summed E-state index contributed by atoms with van der Waals surface area (Å²) in [5.74, 6) is -0.403. The van der Waals surface area contributed by atoms with Crippen LogP contribution in [0.4, 0.5) is 16.2 Å². The Kier molecular flexibility index (Phi) is 5.40. The van der Waals surface area contributed by atoms with Gasteiger partial charge in [0, 0.05) is 19.4 Å². The Morgan fingerprint density at radius 3 is 2.76 bits per heavy atom. The number of aliphatic hydroxyl groups is 1. The zero-order valence-corrected chi connectivity index (χ0v) is 14.0. The zero-order chi connectivity index (χ0) is 17.8. The van der Waals surface area contributed by atoms with Gasteiger partial charge in [0.05, 0.1) is 31.1 Å². The summed E-state index contributed by atoms with van der Waals surface area (Å²) < 4.78 is 11.0. The summed E-state index contributed by atoms with van der Waals surface area (Å²) in [7, 11) is 0. The molecule has 2 aliphatic rings. The SMILES string of the molecule is NC(=O)CCC1CN(c2ccccc2N2CCC2OCCO)C(=O)O1. The number of carbonyl (C=O) groups is 2. The maximum atomic E-state index is 12.3. The number of hydrogen-bond acceptors (Lipinski definition) is 6. The standard InChI is InChI=1S/C17H23N3O5/c18-15(22)6-5-12-11-20(17(23)25-12)14-4-2-1-3-13(14)19-8-7-16(19)24-10-9-21/h1-4,12,16,21H,5-11H2,(H2,18,22). The van der Waals surface area contributed by atoms with Crippen LogP contribution in [0.1, 0.15) is 19.3 Å². The normalized spacial score (nSPS) is 22.7. The third kappa shape index (κ3) is 3.85. The molecule has 8 nitrogen and oxygen atoms in total. The minimum Gasteiger partial charge on any atom is -0.444 e. The van der Waals surface area contributed by atoms with Gasteiger partial charge in [0.25, 0.3) is 0 Å². The molecule has 136 valence electrons. The van der Waals surface area contributed by atoms with E-state index in [1.54, 1.807) is 4.90 Å². The third-order valence-electron chi connectivity index (χ3n) is 4.43. The Morgan fingerprint density at radius 2 is 2.12 bits per heavy atom. The van der Waals surface area contributed by atoms with Gasteiger partial charge in [0.15, 0.2) is 0 Å². The van der Waals surface area contributed by atoms with Crippen molar-refractivity contribution in [1.82, 2.24) is 0 Å². The molecule has 1 aromatic carbocycles. The third-order valence-corrected chi connectivity index (χ3v) is 4.43. The number of benzene rings is 1.